The molecule has 0 radical (unpaired) electrons. The molecule has 0 unspecified atom stereocenters. The summed E-state index contributed by atoms with van der Waals surface area (Å²) in [5.41, 5.74) is 1.18. The molecular formula is C14H20N2O. The molecule has 1 aliphatic rings. The molecular weight excluding hydrogens is 212 g/mol. The molecule has 2 rings (SSSR count). The minimum absolute atomic E-state index is 0.0766. The highest BCUT2D eigenvalue weighted by Crippen LogP contribution is 2.28. The van der Waals surface area contributed by atoms with E-state index in [2.05, 4.69) is 25.8 Å². The largest absolute Gasteiger partial charge is 0.341 e. The third kappa shape index (κ3) is 3.05. The Morgan fingerprint density at radius 3 is 2.65 bits per heavy atom. The SMILES string of the molecule is CC(C)(C)CC(=O)N1CC(c2ccccn2)C1. The molecule has 17 heavy (non-hydrogen) atoms. The van der Waals surface area contributed by atoms with Crippen LogP contribution < -0.4 is 0 Å². The minimum Gasteiger partial charge on any atom is -0.341 e. The topological polar surface area (TPSA) is 33.2 Å². The third-order valence-electron chi connectivity index (χ3n) is 3.02. The zero-order chi connectivity index (χ0) is 12.5. The molecule has 0 saturated carbocycles. The van der Waals surface area contributed by atoms with Crippen molar-refractivity contribution in [2.45, 2.75) is 33.1 Å². The Balaban J connectivity index is 1.85. The van der Waals surface area contributed by atoms with Crippen molar-refractivity contribution >= 4 is 5.91 Å². The van der Waals surface area contributed by atoms with E-state index in [1.807, 2.05) is 29.3 Å². The first-order valence-corrected chi connectivity index (χ1v) is 6.14. The fourth-order valence-corrected chi connectivity index (χ4v) is 2.05. The van der Waals surface area contributed by atoms with Gasteiger partial charge in [-0.2, -0.15) is 0 Å². The molecule has 0 aromatic carbocycles. The molecule has 1 aliphatic heterocycles. The van der Waals surface area contributed by atoms with Gasteiger partial charge in [0.2, 0.25) is 5.91 Å². The first kappa shape index (κ1) is 12.1. The zero-order valence-corrected chi connectivity index (χ0v) is 10.8. The summed E-state index contributed by atoms with van der Waals surface area (Å²) in [6.07, 6.45) is 2.44. The molecule has 3 heteroatoms. The van der Waals surface area contributed by atoms with Gasteiger partial charge in [-0.25, -0.2) is 0 Å². The Kier molecular flexibility index (Phi) is 3.18. The number of pyridine rings is 1. The van der Waals surface area contributed by atoms with Crippen LogP contribution in [0.4, 0.5) is 0 Å². The number of likely N-dealkylation sites (tertiary alicyclic amines) is 1. The quantitative estimate of drug-likeness (QED) is 0.784. The van der Waals surface area contributed by atoms with E-state index in [1.165, 1.54) is 0 Å². The van der Waals surface area contributed by atoms with E-state index in [0.717, 1.165) is 18.8 Å². The summed E-state index contributed by atoms with van der Waals surface area (Å²) >= 11 is 0. The van der Waals surface area contributed by atoms with E-state index >= 15 is 0 Å². The van der Waals surface area contributed by atoms with Crippen LogP contribution in [-0.4, -0.2) is 28.9 Å². The van der Waals surface area contributed by atoms with Gasteiger partial charge in [0.15, 0.2) is 0 Å². The molecule has 2 heterocycles. The van der Waals surface area contributed by atoms with Crippen LogP contribution in [0.25, 0.3) is 0 Å². The van der Waals surface area contributed by atoms with Crippen LogP contribution in [-0.2, 0) is 4.79 Å². The number of amides is 1. The predicted octanol–water partition coefficient (Wildman–Crippen LogP) is 2.44. The molecule has 0 atom stereocenters. The Labute approximate surface area is 103 Å². The van der Waals surface area contributed by atoms with Crippen molar-refractivity contribution in [3.05, 3.63) is 30.1 Å². The summed E-state index contributed by atoms with van der Waals surface area (Å²) in [5, 5.41) is 0. The lowest BCUT2D eigenvalue weighted by Gasteiger charge is -2.40. The van der Waals surface area contributed by atoms with Crippen molar-refractivity contribution in [3.8, 4) is 0 Å². The Hall–Kier alpha value is -1.38. The van der Waals surface area contributed by atoms with Gasteiger partial charge < -0.3 is 4.90 Å². The number of carbonyl (C=O) groups is 1. The molecule has 0 bridgehead atoms. The molecule has 0 spiro atoms. The van der Waals surface area contributed by atoms with Crippen LogP contribution in [0.2, 0.25) is 0 Å². The number of hydrogen-bond acceptors (Lipinski definition) is 2. The van der Waals surface area contributed by atoms with E-state index in [0.29, 0.717) is 12.3 Å². The van der Waals surface area contributed by atoms with Crippen LogP contribution in [0.1, 0.15) is 38.8 Å². The maximum absolute atomic E-state index is 11.9. The van der Waals surface area contributed by atoms with Crippen LogP contribution in [0.3, 0.4) is 0 Å². The van der Waals surface area contributed by atoms with E-state index < -0.39 is 0 Å². The highest BCUT2D eigenvalue weighted by atomic mass is 16.2. The first-order valence-electron chi connectivity index (χ1n) is 6.14. The first-order chi connectivity index (χ1) is 7.96. The maximum Gasteiger partial charge on any atom is 0.223 e. The lowest BCUT2D eigenvalue weighted by atomic mass is 9.89. The van der Waals surface area contributed by atoms with Crippen molar-refractivity contribution in [1.29, 1.82) is 0 Å². The Morgan fingerprint density at radius 1 is 1.41 bits per heavy atom. The third-order valence-corrected chi connectivity index (χ3v) is 3.02. The second kappa shape index (κ2) is 4.47. The number of aromatic nitrogens is 1. The van der Waals surface area contributed by atoms with Gasteiger partial charge in [0.25, 0.3) is 0 Å². The number of nitrogens with zero attached hydrogens (tertiary/aromatic N) is 2. The summed E-state index contributed by atoms with van der Waals surface area (Å²) in [6, 6.07) is 5.96. The van der Waals surface area contributed by atoms with Crippen molar-refractivity contribution in [1.82, 2.24) is 9.88 Å². The second-order valence-electron chi connectivity index (χ2n) is 5.99. The van der Waals surface area contributed by atoms with Crippen LogP contribution >= 0.6 is 0 Å². The van der Waals surface area contributed by atoms with Crippen molar-refractivity contribution in [2.24, 2.45) is 5.41 Å². The highest BCUT2D eigenvalue weighted by molar-refractivity contribution is 5.77. The molecule has 0 aliphatic carbocycles. The molecule has 92 valence electrons. The highest BCUT2D eigenvalue weighted by Gasteiger charge is 2.33. The summed E-state index contributed by atoms with van der Waals surface area (Å²) in [5.74, 6) is 0.699. The van der Waals surface area contributed by atoms with Gasteiger partial charge in [0.1, 0.15) is 0 Å². The van der Waals surface area contributed by atoms with Gasteiger partial charge in [0, 0.05) is 37.3 Å². The van der Waals surface area contributed by atoms with E-state index in [4.69, 9.17) is 0 Å². The van der Waals surface area contributed by atoms with E-state index in [9.17, 15) is 4.79 Å². The smallest absolute Gasteiger partial charge is 0.223 e. The molecule has 0 N–H and O–H groups in total. The number of hydrogen-bond donors (Lipinski definition) is 0. The molecule has 3 nitrogen and oxygen atoms in total. The number of rotatable bonds is 2. The average molecular weight is 232 g/mol. The lowest BCUT2D eigenvalue weighted by Crippen LogP contribution is -2.49. The van der Waals surface area contributed by atoms with Gasteiger partial charge in [-0.05, 0) is 17.5 Å². The summed E-state index contributed by atoms with van der Waals surface area (Å²) in [6.45, 7) is 7.95. The van der Waals surface area contributed by atoms with Crippen molar-refractivity contribution in [3.63, 3.8) is 0 Å². The Bertz CT molecular complexity index is 388. The standard InChI is InChI=1S/C14H20N2O/c1-14(2,3)8-13(17)16-9-11(10-16)12-6-4-5-7-15-12/h4-7,11H,8-10H2,1-3H3. The fraction of sp³-hybridized carbons (Fsp3) is 0.571. The number of carbonyl (C=O) groups excluding carboxylic acids is 1. The van der Waals surface area contributed by atoms with Gasteiger partial charge >= 0.3 is 0 Å². The molecule has 1 aromatic heterocycles. The van der Waals surface area contributed by atoms with Gasteiger partial charge in [-0.15, -0.1) is 0 Å². The van der Waals surface area contributed by atoms with Crippen LogP contribution in [0, 0.1) is 5.41 Å². The molecule has 1 aromatic rings. The van der Waals surface area contributed by atoms with Crippen LogP contribution in [0.15, 0.2) is 24.4 Å². The van der Waals surface area contributed by atoms with E-state index in [-0.39, 0.29) is 11.3 Å². The van der Waals surface area contributed by atoms with Crippen LogP contribution in [0.5, 0.6) is 0 Å². The zero-order valence-electron chi connectivity index (χ0n) is 10.8. The Morgan fingerprint density at radius 2 is 2.12 bits per heavy atom. The average Bonchev–Trinajstić information content (AvgIpc) is 2.14. The maximum atomic E-state index is 11.9. The van der Waals surface area contributed by atoms with Crippen molar-refractivity contribution in [2.75, 3.05) is 13.1 Å². The van der Waals surface area contributed by atoms with Gasteiger partial charge in [-0.1, -0.05) is 26.8 Å². The second-order valence-corrected chi connectivity index (χ2v) is 5.99. The normalized spacial score (nSPS) is 16.8. The monoisotopic (exact) mass is 232 g/mol. The van der Waals surface area contributed by atoms with Crippen molar-refractivity contribution < 1.29 is 4.79 Å². The molecule has 1 amide bonds. The molecule has 1 saturated heterocycles. The molecule has 1 fully saturated rings. The summed E-state index contributed by atoms with van der Waals surface area (Å²) in [7, 11) is 0. The van der Waals surface area contributed by atoms with Gasteiger partial charge in [0.05, 0.1) is 0 Å². The summed E-state index contributed by atoms with van der Waals surface area (Å²) < 4.78 is 0. The fourth-order valence-electron chi connectivity index (χ4n) is 2.05. The van der Waals surface area contributed by atoms with E-state index in [1.54, 1.807) is 0 Å². The summed E-state index contributed by atoms with van der Waals surface area (Å²) in [4.78, 5) is 18.2. The lowest BCUT2D eigenvalue weighted by molar-refractivity contribution is -0.137. The van der Waals surface area contributed by atoms with Gasteiger partial charge in [-0.3, -0.25) is 9.78 Å². The predicted molar refractivity (Wildman–Crippen MR) is 67.6 cm³/mol. The minimum atomic E-state index is 0.0766.